The van der Waals surface area contributed by atoms with Crippen LogP contribution in [0.1, 0.15) is 22.3 Å². The minimum atomic E-state index is -0.286. The molecule has 0 nitrogen and oxygen atoms in total. The molecule has 162 valence electrons. The largest absolute Gasteiger partial charge is 0.0725 e. The van der Waals surface area contributed by atoms with Gasteiger partial charge in [-0.3, -0.25) is 0 Å². The maximum atomic E-state index is 2.46. The van der Waals surface area contributed by atoms with E-state index in [-0.39, 0.29) is 5.41 Å². The van der Waals surface area contributed by atoms with Crippen molar-refractivity contribution < 1.29 is 0 Å². The second-order valence-electron chi connectivity index (χ2n) is 9.71. The van der Waals surface area contributed by atoms with E-state index in [4.69, 9.17) is 0 Å². The highest BCUT2D eigenvalue weighted by Gasteiger charge is 2.51. The van der Waals surface area contributed by atoms with Crippen molar-refractivity contribution >= 4 is 10.8 Å². The number of hydrogen-bond donors (Lipinski definition) is 0. The first-order valence-electron chi connectivity index (χ1n) is 12.3. The lowest BCUT2D eigenvalue weighted by Crippen LogP contribution is -2.25. The van der Waals surface area contributed by atoms with Crippen molar-refractivity contribution in [2.75, 3.05) is 0 Å². The van der Waals surface area contributed by atoms with E-state index < -0.39 is 0 Å². The summed E-state index contributed by atoms with van der Waals surface area (Å²) in [7, 11) is 0. The van der Waals surface area contributed by atoms with Crippen LogP contribution in [0.15, 0.2) is 133 Å². The molecule has 0 radical (unpaired) electrons. The lowest BCUT2D eigenvalue weighted by atomic mass is 9.70. The molecule has 0 aromatic heterocycles. The molecule has 0 N–H and O–H groups in total. The van der Waals surface area contributed by atoms with E-state index in [9.17, 15) is 0 Å². The van der Waals surface area contributed by atoms with Gasteiger partial charge in [-0.1, -0.05) is 121 Å². The van der Waals surface area contributed by atoms with E-state index in [1.165, 1.54) is 66.4 Å². The third-order valence-corrected chi connectivity index (χ3v) is 8.08. The average Bonchev–Trinajstić information content (AvgIpc) is 3.40. The maximum Gasteiger partial charge on any atom is 0.0725 e. The van der Waals surface area contributed by atoms with Gasteiger partial charge in [-0.2, -0.15) is 0 Å². The average molecular weight is 443 g/mol. The summed E-state index contributed by atoms with van der Waals surface area (Å²) in [6.45, 7) is 0. The highest BCUT2D eigenvalue weighted by Crippen LogP contribution is 2.62. The summed E-state index contributed by atoms with van der Waals surface area (Å²) >= 11 is 0. The van der Waals surface area contributed by atoms with Crippen molar-refractivity contribution in [3.8, 4) is 33.4 Å². The number of benzene rings is 6. The van der Waals surface area contributed by atoms with E-state index in [0.29, 0.717) is 0 Å². The highest BCUT2D eigenvalue weighted by molar-refractivity contribution is 5.96. The molecule has 8 rings (SSSR count). The van der Waals surface area contributed by atoms with Crippen molar-refractivity contribution in [1.29, 1.82) is 0 Å². The second kappa shape index (κ2) is 6.81. The summed E-state index contributed by atoms with van der Waals surface area (Å²) in [4.78, 5) is 0. The predicted octanol–water partition coefficient (Wildman–Crippen LogP) is 8.85. The van der Waals surface area contributed by atoms with Crippen molar-refractivity contribution in [1.82, 2.24) is 0 Å². The molecular weight excluding hydrogens is 420 g/mol. The summed E-state index contributed by atoms with van der Waals surface area (Å²) in [5.41, 5.74) is 13.2. The van der Waals surface area contributed by atoms with Gasteiger partial charge >= 0.3 is 0 Å². The second-order valence-corrected chi connectivity index (χ2v) is 9.71. The molecule has 2 aliphatic carbocycles. The molecule has 1 spiro atoms. The van der Waals surface area contributed by atoms with Crippen LogP contribution in [0.5, 0.6) is 0 Å². The van der Waals surface area contributed by atoms with E-state index in [2.05, 4.69) is 133 Å². The van der Waals surface area contributed by atoms with Crippen LogP contribution >= 0.6 is 0 Å². The fourth-order valence-corrected chi connectivity index (χ4v) is 6.64. The maximum absolute atomic E-state index is 2.46. The van der Waals surface area contributed by atoms with Crippen LogP contribution in [0.3, 0.4) is 0 Å². The van der Waals surface area contributed by atoms with Crippen LogP contribution in [-0.2, 0) is 5.41 Å². The number of rotatable bonds is 1. The molecule has 2 aliphatic rings. The zero-order valence-electron chi connectivity index (χ0n) is 19.2. The molecular formula is C35H22. The Morgan fingerprint density at radius 3 is 1.40 bits per heavy atom. The standard InChI is InChI=1S/C35H22/c1-2-10-24-21-25(18-17-23(24)9-1)26-19-20-30-29-13-5-8-16-33(29)35(34(30)22-26)31-14-6-3-11-27(31)28-12-4-7-15-32(28)35/h1-22H. The van der Waals surface area contributed by atoms with Gasteiger partial charge in [0.25, 0.3) is 0 Å². The summed E-state index contributed by atoms with van der Waals surface area (Å²) < 4.78 is 0. The summed E-state index contributed by atoms with van der Waals surface area (Å²) in [5, 5.41) is 2.56. The third kappa shape index (κ3) is 2.36. The van der Waals surface area contributed by atoms with Crippen molar-refractivity contribution in [2.24, 2.45) is 0 Å². The Morgan fingerprint density at radius 1 is 0.314 bits per heavy atom. The van der Waals surface area contributed by atoms with Crippen molar-refractivity contribution in [3.05, 3.63) is 156 Å². The van der Waals surface area contributed by atoms with Crippen LogP contribution in [0.2, 0.25) is 0 Å². The SMILES string of the molecule is c1ccc2c(c1)-c1ccccc1C21c2ccccc2-c2ccc(-c3ccc4ccccc4c3)cc21. The molecule has 0 heterocycles. The quantitative estimate of drug-likeness (QED) is 0.238. The van der Waals surface area contributed by atoms with Crippen LogP contribution in [0, 0.1) is 0 Å². The van der Waals surface area contributed by atoms with Gasteiger partial charge in [0, 0.05) is 0 Å². The zero-order valence-corrected chi connectivity index (χ0v) is 19.2. The summed E-state index contributed by atoms with van der Waals surface area (Å²) in [6.07, 6.45) is 0. The lowest BCUT2D eigenvalue weighted by molar-refractivity contribution is 0.794. The first kappa shape index (κ1) is 18.9. The molecule has 0 atom stereocenters. The first-order valence-corrected chi connectivity index (χ1v) is 12.3. The minimum Gasteiger partial charge on any atom is -0.0619 e. The van der Waals surface area contributed by atoms with Crippen LogP contribution in [0.25, 0.3) is 44.2 Å². The molecule has 0 saturated carbocycles. The zero-order chi connectivity index (χ0) is 23.0. The summed E-state index contributed by atoms with van der Waals surface area (Å²) in [6, 6.07) is 49.5. The molecule has 0 aliphatic heterocycles. The predicted molar refractivity (Wildman–Crippen MR) is 146 cm³/mol. The van der Waals surface area contributed by atoms with Crippen LogP contribution < -0.4 is 0 Å². The molecule has 0 amide bonds. The van der Waals surface area contributed by atoms with Crippen LogP contribution in [-0.4, -0.2) is 0 Å². The van der Waals surface area contributed by atoms with Gasteiger partial charge in [0.05, 0.1) is 5.41 Å². The van der Waals surface area contributed by atoms with Crippen LogP contribution in [0.4, 0.5) is 0 Å². The van der Waals surface area contributed by atoms with E-state index in [1.54, 1.807) is 0 Å². The van der Waals surface area contributed by atoms with Crippen molar-refractivity contribution in [3.63, 3.8) is 0 Å². The van der Waals surface area contributed by atoms with Gasteiger partial charge in [-0.15, -0.1) is 0 Å². The fraction of sp³-hybridized carbons (Fsp3) is 0.0286. The highest BCUT2D eigenvalue weighted by atomic mass is 14.5. The Balaban J connectivity index is 1.47. The van der Waals surface area contributed by atoms with Gasteiger partial charge in [0.1, 0.15) is 0 Å². The number of hydrogen-bond acceptors (Lipinski definition) is 0. The smallest absolute Gasteiger partial charge is 0.0619 e. The molecule has 0 unspecified atom stereocenters. The lowest BCUT2D eigenvalue weighted by Gasteiger charge is -2.30. The Bertz CT molecular complexity index is 1740. The van der Waals surface area contributed by atoms with E-state index in [1.807, 2.05) is 0 Å². The minimum absolute atomic E-state index is 0.286. The Kier molecular flexibility index (Phi) is 3.68. The van der Waals surface area contributed by atoms with Gasteiger partial charge < -0.3 is 0 Å². The molecule has 6 aromatic rings. The van der Waals surface area contributed by atoms with Gasteiger partial charge in [-0.25, -0.2) is 0 Å². The normalized spacial score (nSPS) is 13.9. The molecule has 0 fully saturated rings. The van der Waals surface area contributed by atoms with E-state index in [0.717, 1.165) is 0 Å². The van der Waals surface area contributed by atoms with E-state index >= 15 is 0 Å². The molecule has 0 bridgehead atoms. The number of fused-ring (bicyclic) bond motifs is 11. The van der Waals surface area contributed by atoms with Gasteiger partial charge in [0.15, 0.2) is 0 Å². The monoisotopic (exact) mass is 442 g/mol. The molecule has 0 saturated heterocycles. The molecule has 6 aromatic carbocycles. The van der Waals surface area contributed by atoms with Crippen molar-refractivity contribution in [2.45, 2.75) is 5.41 Å². The molecule has 0 heteroatoms. The Hall–Kier alpha value is -4.42. The van der Waals surface area contributed by atoms with Gasteiger partial charge in [-0.05, 0) is 78.5 Å². The third-order valence-electron chi connectivity index (χ3n) is 8.08. The molecule has 35 heavy (non-hydrogen) atoms. The topological polar surface area (TPSA) is 0 Å². The summed E-state index contributed by atoms with van der Waals surface area (Å²) in [5.74, 6) is 0. The fourth-order valence-electron chi connectivity index (χ4n) is 6.64. The Morgan fingerprint density at radius 2 is 0.771 bits per heavy atom. The van der Waals surface area contributed by atoms with Gasteiger partial charge in [0.2, 0.25) is 0 Å². The first-order chi connectivity index (χ1) is 17.4. The Labute approximate surface area is 205 Å².